The molecule has 1 amide bonds. The zero-order valence-electron chi connectivity index (χ0n) is 11.9. The smallest absolute Gasteiger partial charge is 0.236 e. The van der Waals surface area contributed by atoms with Crippen LogP contribution >= 0.6 is 0 Å². The first kappa shape index (κ1) is 14.5. The molecule has 0 bridgehead atoms. The van der Waals surface area contributed by atoms with E-state index in [2.05, 4.69) is 31.0 Å². The van der Waals surface area contributed by atoms with E-state index in [1.54, 1.807) is 4.90 Å². The monoisotopic (exact) mass is 241 g/mol. The van der Waals surface area contributed by atoms with Crippen LogP contribution < -0.4 is 5.32 Å². The molecule has 100 valence electrons. The first-order valence-corrected chi connectivity index (χ1v) is 6.53. The number of amides is 1. The Kier molecular flexibility index (Phi) is 4.95. The van der Waals surface area contributed by atoms with E-state index in [-0.39, 0.29) is 11.3 Å². The molecule has 1 aliphatic heterocycles. The Labute approximate surface area is 105 Å². The van der Waals surface area contributed by atoms with Crippen LogP contribution in [0.2, 0.25) is 0 Å². The van der Waals surface area contributed by atoms with Crippen LogP contribution in [0.15, 0.2) is 0 Å². The number of rotatable bonds is 4. The SMILES string of the molecule is CCN(CC(=O)N(C)C)C1CCNCC1(C)C. The lowest BCUT2D eigenvalue weighted by atomic mass is 9.79. The van der Waals surface area contributed by atoms with Crippen molar-refractivity contribution < 1.29 is 4.79 Å². The molecule has 4 heteroatoms. The number of carbonyl (C=O) groups excluding carboxylic acids is 1. The van der Waals surface area contributed by atoms with Crippen LogP contribution in [-0.2, 0) is 4.79 Å². The fourth-order valence-corrected chi connectivity index (χ4v) is 2.59. The molecule has 0 radical (unpaired) electrons. The maximum atomic E-state index is 11.8. The zero-order chi connectivity index (χ0) is 13.1. The number of hydrogen-bond acceptors (Lipinski definition) is 3. The normalized spacial score (nSPS) is 23.8. The topological polar surface area (TPSA) is 35.6 Å². The molecule has 1 rings (SSSR count). The van der Waals surface area contributed by atoms with Gasteiger partial charge >= 0.3 is 0 Å². The molecule has 0 aromatic heterocycles. The molecule has 0 aromatic rings. The van der Waals surface area contributed by atoms with Crippen molar-refractivity contribution in [1.29, 1.82) is 0 Å². The van der Waals surface area contributed by atoms with Crippen molar-refractivity contribution in [3.05, 3.63) is 0 Å². The minimum atomic E-state index is 0.196. The van der Waals surface area contributed by atoms with Crippen LogP contribution in [-0.4, -0.2) is 62.0 Å². The quantitative estimate of drug-likeness (QED) is 0.790. The molecule has 1 N–H and O–H groups in total. The minimum Gasteiger partial charge on any atom is -0.348 e. The lowest BCUT2D eigenvalue weighted by Gasteiger charge is -2.45. The van der Waals surface area contributed by atoms with Gasteiger partial charge in [-0.15, -0.1) is 0 Å². The number of carbonyl (C=O) groups is 1. The van der Waals surface area contributed by atoms with Gasteiger partial charge in [-0.05, 0) is 24.9 Å². The Morgan fingerprint density at radius 3 is 2.53 bits per heavy atom. The summed E-state index contributed by atoms with van der Waals surface area (Å²) in [6.07, 6.45) is 1.13. The second-order valence-electron chi connectivity index (χ2n) is 5.82. The maximum Gasteiger partial charge on any atom is 0.236 e. The van der Waals surface area contributed by atoms with Crippen LogP contribution in [0.1, 0.15) is 27.2 Å². The molecular weight excluding hydrogens is 214 g/mol. The van der Waals surface area contributed by atoms with Crippen molar-refractivity contribution >= 4 is 5.91 Å². The first-order valence-electron chi connectivity index (χ1n) is 6.53. The first-order chi connectivity index (χ1) is 7.88. The number of nitrogens with one attached hydrogen (secondary N) is 1. The summed E-state index contributed by atoms with van der Waals surface area (Å²) in [6.45, 7) is 10.3. The molecule has 0 aromatic carbocycles. The number of piperidine rings is 1. The zero-order valence-corrected chi connectivity index (χ0v) is 11.9. The van der Waals surface area contributed by atoms with Crippen LogP contribution in [0, 0.1) is 5.41 Å². The Balaban J connectivity index is 2.68. The third-order valence-corrected chi connectivity index (χ3v) is 3.76. The van der Waals surface area contributed by atoms with Gasteiger partial charge in [-0.3, -0.25) is 9.69 Å². The van der Waals surface area contributed by atoms with Gasteiger partial charge in [-0.25, -0.2) is 0 Å². The van der Waals surface area contributed by atoms with Crippen molar-refractivity contribution in [2.45, 2.75) is 33.2 Å². The maximum absolute atomic E-state index is 11.8. The lowest BCUT2D eigenvalue weighted by Crippen LogP contribution is -2.56. The Hall–Kier alpha value is -0.610. The summed E-state index contributed by atoms with van der Waals surface area (Å²) >= 11 is 0. The molecule has 1 heterocycles. The summed E-state index contributed by atoms with van der Waals surface area (Å²) in [7, 11) is 3.65. The molecule has 1 unspecified atom stereocenters. The highest BCUT2D eigenvalue weighted by molar-refractivity contribution is 5.77. The molecule has 1 aliphatic rings. The molecule has 4 nitrogen and oxygen atoms in total. The molecule has 0 aliphatic carbocycles. The third-order valence-electron chi connectivity index (χ3n) is 3.76. The van der Waals surface area contributed by atoms with Gasteiger partial charge in [0, 0.05) is 26.7 Å². The Morgan fingerprint density at radius 1 is 1.41 bits per heavy atom. The van der Waals surface area contributed by atoms with Crippen molar-refractivity contribution in [1.82, 2.24) is 15.1 Å². The standard InChI is InChI=1S/C13H27N3O/c1-6-16(9-12(17)15(4)5)11-7-8-14-10-13(11,2)3/h11,14H,6-10H2,1-5H3. The Bertz CT molecular complexity index is 263. The van der Waals surface area contributed by atoms with Gasteiger partial charge < -0.3 is 10.2 Å². The summed E-state index contributed by atoms with van der Waals surface area (Å²) in [6, 6.07) is 0.498. The fourth-order valence-electron chi connectivity index (χ4n) is 2.59. The molecule has 1 atom stereocenters. The second-order valence-corrected chi connectivity index (χ2v) is 5.82. The van der Waals surface area contributed by atoms with Crippen molar-refractivity contribution in [3.63, 3.8) is 0 Å². The number of hydrogen-bond donors (Lipinski definition) is 1. The van der Waals surface area contributed by atoms with Gasteiger partial charge in [0.15, 0.2) is 0 Å². The van der Waals surface area contributed by atoms with Crippen LogP contribution in [0.3, 0.4) is 0 Å². The van der Waals surface area contributed by atoms with E-state index in [4.69, 9.17) is 0 Å². The summed E-state index contributed by atoms with van der Waals surface area (Å²) < 4.78 is 0. The van der Waals surface area contributed by atoms with E-state index < -0.39 is 0 Å². The third kappa shape index (κ3) is 3.68. The van der Waals surface area contributed by atoms with Gasteiger partial charge in [-0.1, -0.05) is 20.8 Å². The largest absolute Gasteiger partial charge is 0.348 e. The van der Waals surface area contributed by atoms with Gasteiger partial charge in [0.25, 0.3) is 0 Å². The summed E-state index contributed by atoms with van der Waals surface area (Å²) in [5.74, 6) is 0.196. The van der Waals surface area contributed by atoms with Crippen LogP contribution in [0.4, 0.5) is 0 Å². The van der Waals surface area contributed by atoms with E-state index in [0.717, 1.165) is 26.1 Å². The predicted molar refractivity (Wildman–Crippen MR) is 71.0 cm³/mol. The molecule has 0 spiro atoms. The van der Waals surface area contributed by atoms with E-state index >= 15 is 0 Å². The van der Waals surface area contributed by atoms with Crippen molar-refractivity contribution in [3.8, 4) is 0 Å². The molecule has 1 saturated heterocycles. The van der Waals surface area contributed by atoms with Gasteiger partial charge in [0.1, 0.15) is 0 Å². The highest BCUT2D eigenvalue weighted by Crippen LogP contribution is 2.29. The Morgan fingerprint density at radius 2 is 2.06 bits per heavy atom. The van der Waals surface area contributed by atoms with Crippen LogP contribution in [0.5, 0.6) is 0 Å². The predicted octanol–water partition coefficient (Wildman–Crippen LogP) is 0.785. The highest BCUT2D eigenvalue weighted by Gasteiger charge is 2.36. The summed E-state index contributed by atoms with van der Waals surface area (Å²) in [5.41, 5.74) is 0.237. The minimum absolute atomic E-state index is 0.196. The van der Waals surface area contributed by atoms with Gasteiger partial charge in [0.2, 0.25) is 5.91 Å². The number of likely N-dealkylation sites (N-methyl/N-ethyl adjacent to an activating group) is 2. The van der Waals surface area contributed by atoms with Gasteiger partial charge in [0.05, 0.1) is 6.54 Å². The van der Waals surface area contributed by atoms with Gasteiger partial charge in [-0.2, -0.15) is 0 Å². The summed E-state index contributed by atoms with van der Waals surface area (Å²) in [4.78, 5) is 15.8. The average Bonchev–Trinajstić information content (AvgIpc) is 2.25. The molecule has 0 saturated carbocycles. The van der Waals surface area contributed by atoms with E-state index in [0.29, 0.717) is 12.6 Å². The second kappa shape index (κ2) is 5.83. The average molecular weight is 241 g/mol. The summed E-state index contributed by atoms with van der Waals surface area (Å²) in [5, 5.41) is 3.44. The van der Waals surface area contributed by atoms with E-state index in [1.807, 2.05) is 14.1 Å². The van der Waals surface area contributed by atoms with Crippen molar-refractivity contribution in [2.75, 3.05) is 40.3 Å². The lowest BCUT2D eigenvalue weighted by molar-refractivity contribution is -0.131. The molecule has 1 fully saturated rings. The van der Waals surface area contributed by atoms with E-state index in [1.165, 1.54) is 0 Å². The van der Waals surface area contributed by atoms with E-state index in [9.17, 15) is 4.79 Å². The van der Waals surface area contributed by atoms with Crippen LogP contribution in [0.25, 0.3) is 0 Å². The number of nitrogens with zero attached hydrogens (tertiary/aromatic N) is 2. The fraction of sp³-hybridized carbons (Fsp3) is 0.923. The molecular formula is C13H27N3O. The van der Waals surface area contributed by atoms with Crippen molar-refractivity contribution in [2.24, 2.45) is 5.41 Å². The highest BCUT2D eigenvalue weighted by atomic mass is 16.2. The molecule has 17 heavy (non-hydrogen) atoms.